The molecular weight excluding hydrogens is 464 g/mol. The van der Waals surface area contributed by atoms with E-state index in [0.29, 0.717) is 21.1 Å². The number of thiophene rings is 2. The summed E-state index contributed by atoms with van der Waals surface area (Å²) < 4.78 is 0. The summed E-state index contributed by atoms with van der Waals surface area (Å²) in [5, 5.41) is 4.28. The van der Waals surface area contributed by atoms with E-state index in [0.717, 1.165) is 70.4 Å². The van der Waals surface area contributed by atoms with Gasteiger partial charge in [0.15, 0.2) is 0 Å². The molecule has 0 unspecified atom stereocenters. The molecule has 0 saturated heterocycles. The van der Waals surface area contributed by atoms with Crippen LogP contribution >= 0.6 is 22.7 Å². The van der Waals surface area contributed by atoms with Crippen molar-refractivity contribution in [1.29, 1.82) is 0 Å². The number of fused-ring (bicyclic) bond motifs is 5. The average molecular weight is 489 g/mol. The van der Waals surface area contributed by atoms with Crippen LogP contribution in [-0.2, 0) is 25.7 Å². The summed E-state index contributed by atoms with van der Waals surface area (Å²) in [5.41, 5.74) is 18.7. The number of aromatic nitrogens is 1. The Morgan fingerprint density at radius 2 is 1.79 bits per heavy atom. The van der Waals surface area contributed by atoms with Gasteiger partial charge in [-0.1, -0.05) is 30.7 Å². The van der Waals surface area contributed by atoms with Crippen LogP contribution in [0.3, 0.4) is 0 Å². The molecule has 34 heavy (non-hydrogen) atoms. The van der Waals surface area contributed by atoms with Crippen molar-refractivity contribution < 1.29 is 9.59 Å². The molecule has 0 spiro atoms. The van der Waals surface area contributed by atoms with Gasteiger partial charge in [0.1, 0.15) is 14.7 Å². The number of pyridine rings is 1. The highest BCUT2D eigenvalue weighted by molar-refractivity contribution is 7.22. The molecule has 2 amide bonds. The van der Waals surface area contributed by atoms with E-state index in [1.165, 1.54) is 40.2 Å². The summed E-state index contributed by atoms with van der Waals surface area (Å²) in [4.78, 5) is 32.8. The van der Waals surface area contributed by atoms with Gasteiger partial charge in [0.05, 0.1) is 11.3 Å². The van der Waals surface area contributed by atoms with Gasteiger partial charge < -0.3 is 16.8 Å². The molecule has 3 aromatic heterocycles. The highest BCUT2D eigenvalue weighted by Crippen LogP contribution is 2.45. The SMILES string of the molecule is NC(=O)c1c(NC(=O)c2sc3nc4c(cc3c2N)CCCCC4)sc2c1CCc1ccccc1-2. The number of primary amides is 1. The minimum Gasteiger partial charge on any atom is -0.397 e. The first kappa shape index (κ1) is 21.3. The number of carbonyl (C=O) groups excluding carboxylic acids is 2. The van der Waals surface area contributed by atoms with E-state index in [9.17, 15) is 9.59 Å². The zero-order chi connectivity index (χ0) is 23.4. The van der Waals surface area contributed by atoms with Crippen LogP contribution < -0.4 is 16.8 Å². The fraction of sp³-hybridized carbons (Fsp3) is 0.269. The zero-order valence-corrected chi connectivity index (χ0v) is 20.2. The van der Waals surface area contributed by atoms with Crippen molar-refractivity contribution >= 4 is 55.4 Å². The molecule has 2 aliphatic rings. The lowest BCUT2D eigenvalue weighted by molar-refractivity contribution is 0.100. The fourth-order valence-corrected chi connectivity index (χ4v) is 7.46. The summed E-state index contributed by atoms with van der Waals surface area (Å²) >= 11 is 2.72. The molecule has 1 aromatic carbocycles. The highest BCUT2D eigenvalue weighted by Gasteiger charge is 2.29. The van der Waals surface area contributed by atoms with E-state index < -0.39 is 5.91 Å². The maximum Gasteiger partial charge on any atom is 0.268 e. The predicted octanol–water partition coefficient (Wildman–Crippen LogP) is 5.33. The lowest BCUT2D eigenvalue weighted by atomic mass is 9.89. The number of hydrogen-bond acceptors (Lipinski definition) is 6. The molecule has 4 aromatic rings. The Bertz CT molecular complexity index is 1480. The molecule has 8 heteroatoms. The Labute approximate surface area is 205 Å². The van der Waals surface area contributed by atoms with Crippen molar-refractivity contribution in [2.45, 2.75) is 44.9 Å². The number of hydrogen-bond donors (Lipinski definition) is 3. The van der Waals surface area contributed by atoms with Crippen LogP contribution in [0.5, 0.6) is 0 Å². The first-order chi connectivity index (χ1) is 16.5. The minimum atomic E-state index is -0.526. The van der Waals surface area contributed by atoms with Crippen molar-refractivity contribution in [1.82, 2.24) is 4.98 Å². The van der Waals surface area contributed by atoms with Gasteiger partial charge in [0.25, 0.3) is 11.8 Å². The van der Waals surface area contributed by atoms with E-state index in [2.05, 4.69) is 23.5 Å². The molecule has 6 rings (SSSR count). The summed E-state index contributed by atoms with van der Waals surface area (Å²) in [6.07, 6.45) is 7.03. The van der Waals surface area contributed by atoms with Crippen LogP contribution in [0.15, 0.2) is 30.3 Å². The van der Waals surface area contributed by atoms with Crippen LogP contribution in [0, 0.1) is 0 Å². The molecule has 0 saturated carbocycles. The number of nitrogens with one attached hydrogen (secondary N) is 1. The van der Waals surface area contributed by atoms with E-state index in [4.69, 9.17) is 16.5 Å². The number of nitrogens with zero attached hydrogens (tertiary/aromatic N) is 1. The third kappa shape index (κ3) is 3.40. The normalized spacial score (nSPS) is 14.7. The number of carbonyl (C=O) groups is 2. The molecule has 6 nitrogen and oxygen atoms in total. The van der Waals surface area contributed by atoms with Gasteiger partial charge in [-0.3, -0.25) is 9.59 Å². The van der Waals surface area contributed by atoms with E-state index >= 15 is 0 Å². The molecule has 2 aliphatic carbocycles. The first-order valence-corrected chi connectivity index (χ1v) is 13.2. The van der Waals surface area contributed by atoms with Gasteiger partial charge in [0.2, 0.25) is 0 Å². The number of anilines is 2. The van der Waals surface area contributed by atoms with Crippen LogP contribution in [0.25, 0.3) is 20.7 Å². The number of nitrogen functional groups attached to an aromatic ring is 1. The van der Waals surface area contributed by atoms with E-state index in [-0.39, 0.29) is 5.91 Å². The zero-order valence-electron chi connectivity index (χ0n) is 18.6. The molecule has 3 heterocycles. The van der Waals surface area contributed by atoms with Crippen LogP contribution in [0.4, 0.5) is 10.7 Å². The summed E-state index contributed by atoms with van der Waals surface area (Å²) in [5.74, 6) is -0.855. The van der Waals surface area contributed by atoms with E-state index in [1.54, 1.807) is 0 Å². The number of nitrogens with two attached hydrogens (primary N) is 2. The standard InChI is InChI=1S/C26H24N4O2S2/c27-20-17-12-14-7-2-1-3-9-18(14)29-25(17)34-22(20)24(32)30-26-19(23(28)31)16-11-10-13-6-4-5-8-15(13)21(16)33-26/h4-6,8,12H,1-3,7,9-11,27H2,(H2,28,31)(H,30,32). The quantitative estimate of drug-likeness (QED) is 0.339. The summed E-state index contributed by atoms with van der Waals surface area (Å²) in [7, 11) is 0. The summed E-state index contributed by atoms with van der Waals surface area (Å²) in [6.45, 7) is 0. The Kier molecular flexibility index (Phi) is 5.15. The lowest BCUT2D eigenvalue weighted by Crippen LogP contribution is -2.18. The Balaban J connectivity index is 1.39. The van der Waals surface area contributed by atoms with Crippen LogP contribution in [0.2, 0.25) is 0 Å². The fourth-order valence-electron chi connectivity index (χ4n) is 5.15. The van der Waals surface area contributed by atoms with Gasteiger partial charge in [0, 0.05) is 16.0 Å². The molecule has 0 aliphatic heterocycles. The topological polar surface area (TPSA) is 111 Å². The smallest absolute Gasteiger partial charge is 0.268 e. The first-order valence-electron chi connectivity index (χ1n) is 11.6. The highest BCUT2D eigenvalue weighted by atomic mass is 32.1. The maximum absolute atomic E-state index is 13.4. The summed E-state index contributed by atoms with van der Waals surface area (Å²) in [6, 6.07) is 10.3. The number of aryl methyl sites for hydroxylation is 3. The molecule has 5 N–H and O–H groups in total. The molecule has 172 valence electrons. The molecular formula is C26H24N4O2S2. The van der Waals surface area contributed by atoms with Gasteiger partial charge in [-0.15, -0.1) is 22.7 Å². The van der Waals surface area contributed by atoms with Crippen molar-refractivity contribution in [3.63, 3.8) is 0 Å². The Morgan fingerprint density at radius 1 is 0.971 bits per heavy atom. The second-order valence-corrected chi connectivity index (χ2v) is 11.0. The Hall–Kier alpha value is -3.23. The van der Waals surface area contributed by atoms with Crippen molar-refractivity contribution in [3.8, 4) is 10.4 Å². The van der Waals surface area contributed by atoms with Gasteiger partial charge in [-0.25, -0.2) is 4.98 Å². The number of benzene rings is 1. The van der Waals surface area contributed by atoms with Gasteiger partial charge in [-0.05, 0) is 66.8 Å². The van der Waals surface area contributed by atoms with Crippen molar-refractivity contribution in [2.75, 3.05) is 11.1 Å². The average Bonchev–Trinajstić information content (AvgIpc) is 3.25. The third-order valence-corrected chi connectivity index (χ3v) is 9.14. The molecule has 0 atom stereocenters. The number of amides is 2. The number of rotatable bonds is 3. The molecule has 0 bridgehead atoms. The van der Waals surface area contributed by atoms with Crippen molar-refractivity contribution in [2.24, 2.45) is 5.73 Å². The lowest BCUT2D eigenvalue weighted by Gasteiger charge is -2.16. The predicted molar refractivity (Wildman–Crippen MR) is 139 cm³/mol. The van der Waals surface area contributed by atoms with E-state index in [1.807, 2.05) is 12.1 Å². The Morgan fingerprint density at radius 3 is 2.65 bits per heavy atom. The monoisotopic (exact) mass is 488 g/mol. The second-order valence-electron chi connectivity index (χ2n) is 8.94. The second kappa shape index (κ2) is 8.21. The largest absolute Gasteiger partial charge is 0.397 e. The van der Waals surface area contributed by atoms with Gasteiger partial charge in [-0.2, -0.15) is 0 Å². The molecule has 0 radical (unpaired) electrons. The van der Waals surface area contributed by atoms with Crippen molar-refractivity contribution in [3.05, 3.63) is 63.2 Å². The maximum atomic E-state index is 13.4. The minimum absolute atomic E-state index is 0.329. The van der Waals surface area contributed by atoms with Crippen LogP contribution in [-0.4, -0.2) is 16.8 Å². The molecule has 0 fully saturated rings. The third-order valence-electron chi connectivity index (χ3n) is 6.84. The van der Waals surface area contributed by atoms with Gasteiger partial charge >= 0.3 is 0 Å². The van der Waals surface area contributed by atoms with Crippen LogP contribution in [0.1, 0.15) is 61.7 Å².